The molecule has 1 fully saturated rings. The lowest BCUT2D eigenvalue weighted by Crippen LogP contribution is -2.51. The maximum atomic E-state index is 12.0. The van der Waals surface area contributed by atoms with E-state index in [1.807, 2.05) is 26.8 Å². The van der Waals surface area contributed by atoms with E-state index in [1.54, 1.807) is 0 Å². The van der Waals surface area contributed by atoms with Crippen LogP contribution in [0.25, 0.3) is 0 Å². The van der Waals surface area contributed by atoms with Crippen molar-refractivity contribution in [3.63, 3.8) is 0 Å². The minimum Gasteiger partial charge on any atom is -0.391 e. The highest BCUT2D eigenvalue weighted by Gasteiger charge is 2.41. The predicted octanol–water partition coefficient (Wildman–Crippen LogP) is 1.33. The number of carbonyl (C=O) groups is 2. The number of carbonyl (C=O) groups excluding carboxylic acids is 2. The molecule has 0 radical (unpaired) electrons. The molecule has 1 heterocycles. The Morgan fingerprint density at radius 2 is 1.84 bits per heavy atom. The Balaban J connectivity index is 2.25. The summed E-state index contributed by atoms with van der Waals surface area (Å²) >= 11 is 0. The number of Topliss-reactive ketones (excluding diaryl/α,β-unsaturated/α-hetero) is 2. The first-order valence-corrected chi connectivity index (χ1v) is 6.97. The van der Waals surface area contributed by atoms with Crippen LogP contribution in [-0.2, 0) is 9.59 Å². The van der Waals surface area contributed by atoms with Crippen LogP contribution in [0, 0.1) is 5.41 Å². The number of ketones is 2. The zero-order valence-electron chi connectivity index (χ0n) is 12.0. The van der Waals surface area contributed by atoms with Crippen LogP contribution in [0.1, 0.15) is 40.0 Å². The van der Waals surface area contributed by atoms with Crippen molar-refractivity contribution in [3.8, 4) is 0 Å². The third-order valence-electron chi connectivity index (χ3n) is 4.38. The number of rotatable bonds is 1. The monoisotopic (exact) mass is 265 g/mol. The van der Waals surface area contributed by atoms with E-state index in [1.165, 1.54) is 0 Å². The normalized spacial score (nSPS) is 32.9. The van der Waals surface area contributed by atoms with Crippen molar-refractivity contribution in [3.05, 3.63) is 11.6 Å². The fraction of sp³-hybridized carbons (Fsp3) is 0.733. The first-order valence-electron chi connectivity index (χ1n) is 6.97. The molecule has 19 heavy (non-hydrogen) atoms. The fourth-order valence-electron chi connectivity index (χ4n) is 2.94. The van der Waals surface area contributed by atoms with Gasteiger partial charge in [0.2, 0.25) is 0 Å². The summed E-state index contributed by atoms with van der Waals surface area (Å²) in [5, 5.41) is 10.6. The summed E-state index contributed by atoms with van der Waals surface area (Å²) < 4.78 is 0. The molecule has 0 saturated carbocycles. The third-order valence-corrected chi connectivity index (χ3v) is 4.38. The van der Waals surface area contributed by atoms with Gasteiger partial charge in [-0.1, -0.05) is 19.9 Å². The Labute approximate surface area is 114 Å². The summed E-state index contributed by atoms with van der Waals surface area (Å²) in [6, 6.07) is -0.158. The van der Waals surface area contributed by atoms with E-state index in [0.29, 0.717) is 32.4 Å². The molecular weight excluding hydrogens is 242 g/mol. The van der Waals surface area contributed by atoms with Gasteiger partial charge in [0.25, 0.3) is 0 Å². The lowest BCUT2D eigenvalue weighted by Gasteiger charge is -2.40. The average Bonchev–Trinajstić information content (AvgIpc) is 2.41. The van der Waals surface area contributed by atoms with Gasteiger partial charge in [-0.15, -0.1) is 0 Å². The highest BCUT2D eigenvalue weighted by molar-refractivity contribution is 5.95. The van der Waals surface area contributed by atoms with Gasteiger partial charge >= 0.3 is 0 Å². The molecule has 0 bridgehead atoms. The molecule has 1 aliphatic carbocycles. The summed E-state index contributed by atoms with van der Waals surface area (Å²) in [5.74, 6) is 0.398. The maximum absolute atomic E-state index is 12.0. The summed E-state index contributed by atoms with van der Waals surface area (Å²) in [4.78, 5) is 25.5. The SMILES string of the molecule is CC1=CC(N2CCC(=O)CC2)C(O)C(C)(C)CC1=O. The zero-order valence-corrected chi connectivity index (χ0v) is 12.0. The lowest BCUT2D eigenvalue weighted by molar-refractivity contribution is -0.122. The van der Waals surface area contributed by atoms with Crippen LogP contribution in [0.15, 0.2) is 11.6 Å². The van der Waals surface area contributed by atoms with E-state index in [4.69, 9.17) is 0 Å². The van der Waals surface area contributed by atoms with Crippen molar-refractivity contribution in [2.24, 2.45) is 5.41 Å². The highest BCUT2D eigenvalue weighted by Crippen LogP contribution is 2.34. The van der Waals surface area contributed by atoms with Crippen molar-refractivity contribution in [2.45, 2.75) is 52.2 Å². The Kier molecular flexibility index (Phi) is 3.92. The number of aliphatic hydroxyl groups is 1. The molecule has 106 valence electrons. The van der Waals surface area contributed by atoms with E-state index in [-0.39, 0.29) is 17.6 Å². The summed E-state index contributed by atoms with van der Waals surface area (Å²) in [6.07, 6.45) is 2.77. The van der Waals surface area contributed by atoms with Gasteiger partial charge in [0, 0.05) is 32.4 Å². The van der Waals surface area contributed by atoms with Gasteiger partial charge in [0.05, 0.1) is 12.1 Å². The number of hydrogen-bond acceptors (Lipinski definition) is 4. The molecule has 4 heteroatoms. The lowest BCUT2D eigenvalue weighted by atomic mass is 9.79. The molecule has 2 rings (SSSR count). The van der Waals surface area contributed by atoms with Gasteiger partial charge in [-0.3, -0.25) is 14.5 Å². The van der Waals surface area contributed by atoms with Crippen molar-refractivity contribution < 1.29 is 14.7 Å². The van der Waals surface area contributed by atoms with Crippen molar-refractivity contribution in [1.29, 1.82) is 0 Å². The minimum absolute atomic E-state index is 0.111. The molecule has 1 saturated heterocycles. The van der Waals surface area contributed by atoms with Gasteiger partial charge < -0.3 is 5.11 Å². The number of aliphatic hydroxyl groups excluding tert-OH is 1. The summed E-state index contributed by atoms with van der Waals surface area (Å²) in [7, 11) is 0. The molecule has 0 spiro atoms. The van der Waals surface area contributed by atoms with Gasteiger partial charge in [0.15, 0.2) is 5.78 Å². The highest BCUT2D eigenvalue weighted by atomic mass is 16.3. The van der Waals surface area contributed by atoms with Crippen LogP contribution in [0.5, 0.6) is 0 Å². The van der Waals surface area contributed by atoms with E-state index < -0.39 is 11.5 Å². The maximum Gasteiger partial charge on any atom is 0.158 e. The Morgan fingerprint density at radius 3 is 2.42 bits per heavy atom. The second kappa shape index (κ2) is 5.17. The van der Waals surface area contributed by atoms with Crippen LogP contribution in [-0.4, -0.2) is 46.8 Å². The average molecular weight is 265 g/mol. The molecule has 1 aliphatic heterocycles. The summed E-state index contributed by atoms with van der Waals surface area (Å²) in [5.41, 5.74) is 0.295. The van der Waals surface area contributed by atoms with E-state index >= 15 is 0 Å². The number of piperidine rings is 1. The molecule has 0 aromatic carbocycles. The fourth-order valence-corrected chi connectivity index (χ4v) is 2.94. The number of nitrogens with zero attached hydrogens (tertiary/aromatic N) is 1. The van der Waals surface area contributed by atoms with Crippen molar-refractivity contribution >= 4 is 11.6 Å². The molecule has 1 N–H and O–H groups in total. The quantitative estimate of drug-likeness (QED) is 0.777. The molecule has 4 nitrogen and oxygen atoms in total. The molecule has 0 aromatic heterocycles. The van der Waals surface area contributed by atoms with Gasteiger partial charge in [-0.05, 0) is 17.9 Å². The molecule has 0 amide bonds. The molecule has 2 unspecified atom stereocenters. The first-order chi connectivity index (χ1) is 8.81. The second-order valence-corrected chi connectivity index (χ2v) is 6.45. The molecule has 0 aromatic rings. The molecule has 2 aliphatic rings. The Hall–Kier alpha value is -1.00. The Bertz CT molecular complexity index is 415. The van der Waals surface area contributed by atoms with E-state index in [0.717, 1.165) is 5.57 Å². The molecule has 2 atom stereocenters. The van der Waals surface area contributed by atoms with Crippen molar-refractivity contribution in [2.75, 3.05) is 13.1 Å². The van der Waals surface area contributed by atoms with Gasteiger partial charge in [0.1, 0.15) is 5.78 Å². The van der Waals surface area contributed by atoms with Crippen LogP contribution >= 0.6 is 0 Å². The number of hydrogen-bond donors (Lipinski definition) is 1. The zero-order chi connectivity index (χ0) is 14.2. The third kappa shape index (κ3) is 2.95. The molecular formula is C15H23NO3. The largest absolute Gasteiger partial charge is 0.391 e. The summed E-state index contributed by atoms with van der Waals surface area (Å²) in [6.45, 7) is 7.04. The van der Waals surface area contributed by atoms with Crippen LogP contribution < -0.4 is 0 Å². The Morgan fingerprint density at radius 1 is 1.26 bits per heavy atom. The van der Waals surface area contributed by atoms with E-state index in [9.17, 15) is 14.7 Å². The van der Waals surface area contributed by atoms with Crippen molar-refractivity contribution in [1.82, 2.24) is 4.90 Å². The van der Waals surface area contributed by atoms with Gasteiger partial charge in [-0.25, -0.2) is 0 Å². The smallest absolute Gasteiger partial charge is 0.158 e. The number of likely N-dealkylation sites (tertiary alicyclic amines) is 1. The van der Waals surface area contributed by atoms with Gasteiger partial charge in [-0.2, -0.15) is 0 Å². The van der Waals surface area contributed by atoms with Crippen LogP contribution in [0.4, 0.5) is 0 Å². The standard InChI is InChI=1S/C15H23NO3/c1-10-8-12(16-6-4-11(17)5-7-16)14(19)15(2,3)9-13(10)18/h8,12,14,19H,4-7,9H2,1-3H3. The van der Waals surface area contributed by atoms with Crippen LogP contribution in [0.2, 0.25) is 0 Å². The number of allylic oxidation sites excluding steroid dienone is 1. The first kappa shape index (κ1) is 14.4. The second-order valence-electron chi connectivity index (χ2n) is 6.45. The minimum atomic E-state index is -0.581. The van der Waals surface area contributed by atoms with E-state index in [2.05, 4.69) is 4.90 Å². The van der Waals surface area contributed by atoms with Crippen LogP contribution in [0.3, 0.4) is 0 Å². The topological polar surface area (TPSA) is 57.6 Å². The predicted molar refractivity (Wildman–Crippen MR) is 72.8 cm³/mol.